The summed E-state index contributed by atoms with van der Waals surface area (Å²) in [6.07, 6.45) is 1.32. The second-order valence-electron chi connectivity index (χ2n) is 13.2. The predicted octanol–water partition coefficient (Wildman–Crippen LogP) is 5.26. The van der Waals surface area contributed by atoms with Gasteiger partial charge in [0.25, 0.3) is 0 Å². The Bertz CT molecular complexity index is 1830. The van der Waals surface area contributed by atoms with Crippen molar-refractivity contribution in [3.63, 3.8) is 0 Å². The first-order valence-electron chi connectivity index (χ1n) is 15.3. The molecule has 0 spiro atoms. The van der Waals surface area contributed by atoms with Gasteiger partial charge in [0.2, 0.25) is 0 Å². The minimum absolute atomic E-state index is 0.202. The Balaban J connectivity index is 1.29. The van der Waals surface area contributed by atoms with E-state index in [1.165, 1.54) is 0 Å². The van der Waals surface area contributed by atoms with E-state index in [4.69, 9.17) is 45.5 Å². The quantitative estimate of drug-likeness (QED) is 0.166. The highest BCUT2D eigenvalue weighted by Gasteiger charge is 2.49. The van der Waals surface area contributed by atoms with Gasteiger partial charge in [-0.15, -0.1) is 0 Å². The van der Waals surface area contributed by atoms with Crippen molar-refractivity contribution in [3.8, 4) is 28.5 Å². The molecule has 11 nitrogen and oxygen atoms in total. The fraction of sp³-hybridized carbons (Fsp3) is 0.469. The smallest absolute Gasteiger partial charge is 0.301 e. The lowest BCUT2D eigenvalue weighted by atomic mass is 10.1. The first-order chi connectivity index (χ1) is 21.8. The Kier molecular flexibility index (Phi) is 9.54. The summed E-state index contributed by atoms with van der Waals surface area (Å²) in [6, 6.07) is 16.7. The van der Waals surface area contributed by atoms with E-state index >= 15 is 0 Å². The van der Waals surface area contributed by atoms with E-state index in [2.05, 4.69) is 24.0 Å². The van der Waals surface area contributed by atoms with Gasteiger partial charge in [-0.3, -0.25) is 13.8 Å². The van der Waals surface area contributed by atoms with E-state index in [9.17, 15) is 9.32 Å². The van der Waals surface area contributed by atoms with Crippen LogP contribution in [0.25, 0.3) is 33.7 Å². The first kappa shape index (κ1) is 33.0. The molecule has 6 rings (SSSR count). The highest BCUT2D eigenvalue weighted by molar-refractivity contribution is 7.92. The third-order valence-electron chi connectivity index (χ3n) is 7.89. The minimum Gasteiger partial charge on any atom is -0.456 e. The SMILES string of the molecule is C[Si](C)(C)CCOCn1c(O[C@@H]2CO[C@H]3[C@@H]2OC[C@H]3O)nc2cc(Cl)c(-c3ccc(-c4cccc(CN=S(C)(C)=O)n4)cc3)nc21. The highest BCUT2D eigenvalue weighted by atomic mass is 35.5. The number of halogens is 1. The minimum atomic E-state index is -2.21. The summed E-state index contributed by atoms with van der Waals surface area (Å²) in [5.41, 5.74) is 5.05. The average Bonchev–Trinajstić information content (AvgIpc) is 3.68. The maximum absolute atomic E-state index is 12.0. The number of aliphatic hydroxyl groups excluding tert-OH is 1. The van der Waals surface area contributed by atoms with Gasteiger partial charge in [-0.25, -0.2) is 9.35 Å². The van der Waals surface area contributed by atoms with E-state index < -0.39 is 36.1 Å². The zero-order valence-electron chi connectivity index (χ0n) is 26.7. The molecule has 0 saturated carbocycles. The molecule has 0 amide bonds. The summed E-state index contributed by atoms with van der Waals surface area (Å²) in [7, 11) is -3.50. The molecular weight excluding hydrogens is 646 g/mol. The number of rotatable bonds is 11. The van der Waals surface area contributed by atoms with Crippen LogP contribution in [0.1, 0.15) is 5.69 Å². The van der Waals surface area contributed by atoms with E-state index in [1.807, 2.05) is 47.0 Å². The summed E-state index contributed by atoms with van der Waals surface area (Å²) in [4.78, 5) is 14.4. The Hall–Kier alpha value is -2.91. The predicted molar refractivity (Wildman–Crippen MR) is 181 cm³/mol. The topological polar surface area (TPSA) is 130 Å². The van der Waals surface area contributed by atoms with Gasteiger partial charge in [-0.05, 0) is 24.2 Å². The Morgan fingerprint density at radius 2 is 1.78 bits per heavy atom. The molecule has 4 aromatic rings. The van der Waals surface area contributed by atoms with Crippen LogP contribution in [0.5, 0.6) is 6.01 Å². The molecule has 1 N–H and O–H groups in total. The lowest BCUT2D eigenvalue weighted by Gasteiger charge is -2.19. The molecule has 0 bridgehead atoms. The standard InChI is InChI=1S/C32H40ClN5O6SSi/c1-45(2,40)34-16-22-7-6-8-24(35-22)20-9-11-21(12-10-20)28-23(33)15-25-31(37-28)38(19-41-13-14-46(3,4)5)32(36-25)44-27-18-43-29-26(39)17-42-30(27)29/h6-12,15,26-27,29-30,39H,13-14,16-19H2,1-5H3/t26-,27-,29-,30-/m1/s1. The normalized spacial score (nSPS) is 21.5. The molecule has 2 aliphatic heterocycles. The number of ether oxygens (including phenoxy) is 4. The molecule has 2 fully saturated rings. The fourth-order valence-electron chi connectivity index (χ4n) is 5.38. The van der Waals surface area contributed by atoms with Gasteiger partial charge in [-0.1, -0.05) is 61.6 Å². The van der Waals surface area contributed by atoms with Crippen molar-refractivity contribution >= 4 is 40.6 Å². The highest BCUT2D eigenvalue weighted by Crippen LogP contribution is 2.34. The molecule has 2 aliphatic rings. The lowest BCUT2D eigenvalue weighted by molar-refractivity contribution is 0.00336. The first-order valence-corrected chi connectivity index (χ1v) is 21.7. The van der Waals surface area contributed by atoms with Crippen molar-refractivity contribution in [1.82, 2.24) is 19.5 Å². The number of aromatic nitrogens is 4. The molecule has 0 aliphatic carbocycles. The molecule has 246 valence electrons. The molecule has 0 unspecified atom stereocenters. The molecule has 46 heavy (non-hydrogen) atoms. The summed E-state index contributed by atoms with van der Waals surface area (Å²) < 4.78 is 42.1. The van der Waals surface area contributed by atoms with Gasteiger partial charge in [0.15, 0.2) is 11.8 Å². The molecule has 5 heterocycles. The number of hydrogen-bond donors (Lipinski definition) is 1. The zero-order valence-corrected chi connectivity index (χ0v) is 29.3. The maximum atomic E-state index is 12.0. The summed E-state index contributed by atoms with van der Waals surface area (Å²) in [6.45, 7) is 8.53. The largest absolute Gasteiger partial charge is 0.456 e. The number of pyridine rings is 2. The van der Waals surface area contributed by atoms with Gasteiger partial charge >= 0.3 is 6.01 Å². The second-order valence-corrected chi connectivity index (χ2v) is 21.9. The molecule has 4 atom stereocenters. The lowest BCUT2D eigenvalue weighted by Crippen LogP contribution is -2.35. The molecule has 1 aromatic carbocycles. The monoisotopic (exact) mass is 685 g/mol. The summed E-state index contributed by atoms with van der Waals surface area (Å²) in [5.74, 6) is 0. The molecular formula is C32H40ClN5O6SSi. The number of benzene rings is 1. The van der Waals surface area contributed by atoms with Gasteiger partial charge in [0.1, 0.15) is 30.6 Å². The number of fused-ring (bicyclic) bond motifs is 2. The Morgan fingerprint density at radius 3 is 2.52 bits per heavy atom. The molecule has 3 aromatic heterocycles. The van der Waals surface area contributed by atoms with Gasteiger partial charge in [0, 0.05) is 48.0 Å². The maximum Gasteiger partial charge on any atom is 0.301 e. The molecule has 14 heteroatoms. The van der Waals surface area contributed by atoms with Crippen LogP contribution in [0.4, 0.5) is 0 Å². The van der Waals surface area contributed by atoms with E-state index in [1.54, 1.807) is 18.6 Å². The fourth-order valence-corrected chi connectivity index (χ4v) is 6.83. The van der Waals surface area contributed by atoms with Crippen LogP contribution in [0.15, 0.2) is 52.9 Å². The van der Waals surface area contributed by atoms with E-state index in [0.717, 1.165) is 28.6 Å². The Morgan fingerprint density at radius 1 is 1.04 bits per heavy atom. The van der Waals surface area contributed by atoms with Crippen LogP contribution in [-0.2, 0) is 37.2 Å². The number of aliphatic hydroxyl groups is 1. The van der Waals surface area contributed by atoms with Crippen molar-refractivity contribution in [3.05, 3.63) is 59.2 Å². The third-order valence-corrected chi connectivity index (χ3v) is 10.6. The summed E-state index contributed by atoms with van der Waals surface area (Å²) >= 11 is 6.79. The number of hydrogen-bond acceptors (Lipinski definition) is 10. The van der Waals surface area contributed by atoms with E-state index in [0.29, 0.717) is 41.0 Å². The van der Waals surface area contributed by atoms with Gasteiger partial charge in [-0.2, -0.15) is 4.98 Å². The van der Waals surface area contributed by atoms with Crippen LogP contribution < -0.4 is 4.74 Å². The van der Waals surface area contributed by atoms with Crippen molar-refractivity contribution in [2.75, 3.05) is 32.3 Å². The van der Waals surface area contributed by atoms with Crippen LogP contribution in [0.2, 0.25) is 30.7 Å². The van der Waals surface area contributed by atoms with Crippen molar-refractivity contribution in [2.45, 2.75) is 63.4 Å². The summed E-state index contributed by atoms with van der Waals surface area (Å²) in [5, 5.41) is 10.6. The van der Waals surface area contributed by atoms with Crippen molar-refractivity contribution < 1.29 is 28.3 Å². The van der Waals surface area contributed by atoms with Gasteiger partial charge in [0.05, 0.1) is 41.9 Å². The van der Waals surface area contributed by atoms with Crippen LogP contribution in [-0.4, -0.2) is 93.7 Å². The van der Waals surface area contributed by atoms with E-state index in [-0.39, 0.29) is 26.0 Å². The third kappa shape index (κ3) is 7.62. The van der Waals surface area contributed by atoms with Crippen LogP contribution >= 0.6 is 11.6 Å². The number of imidazole rings is 1. The van der Waals surface area contributed by atoms with Crippen LogP contribution in [0.3, 0.4) is 0 Å². The Labute approximate surface area is 275 Å². The van der Waals surface area contributed by atoms with Crippen molar-refractivity contribution in [1.29, 1.82) is 0 Å². The second kappa shape index (κ2) is 13.3. The van der Waals surface area contributed by atoms with Gasteiger partial charge < -0.3 is 24.1 Å². The molecule has 0 radical (unpaired) electrons. The molecule has 2 saturated heterocycles. The zero-order chi connectivity index (χ0) is 32.6. The van der Waals surface area contributed by atoms with Crippen molar-refractivity contribution in [2.24, 2.45) is 4.36 Å². The number of nitrogens with zero attached hydrogens (tertiary/aromatic N) is 5. The van der Waals surface area contributed by atoms with Crippen LogP contribution in [0, 0.1) is 0 Å². The average molecular weight is 686 g/mol.